The normalized spacial score (nSPS) is 16.7. The number of fused-ring (bicyclic) bond motifs is 1. The zero-order valence-corrected chi connectivity index (χ0v) is 19.3. The molecule has 0 bridgehead atoms. The Hall–Kier alpha value is -2.88. The molecule has 32 heavy (non-hydrogen) atoms. The molecule has 0 amide bonds. The lowest BCUT2D eigenvalue weighted by atomic mass is 10.1. The van der Waals surface area contributed by atoms with Gasteiger partial charge in [-0.25, -0.2) is 16.8 Å². The summed E-state index contributed by atoms with van der Waals surface area (Å²) >= 11 is 0. The summed E-state index contributed by atoms with van der Waals surface area (Å²) in [5.41, 5.74) is 2.28. The van der Waals surface area contributed by atoms with Crippen LogP contribution in [0.4, 0.5) is 11.4 Å². The highest BCUT2D eigenvalue weighted by Gasteiger charge is 2.42. The second kappa shape index (κ2) is 8.23. The largest absolute Gasteiger partial charge is 0.394 e. The number of anilines is 2. The molecule has 0 unspecified atom stereocenters. The standard InChI is InChI=1S/C23H24N2O5S2/c1-17-7-11-20(12-8-17)31(27,28)24-15-19(16-26)25(23-6-4-3-5-22(23)24)32(29,30)21-13-9-18(2)10-14-21/h3-14,19,26H,15-16H2,1-2H3/t19-/m1/s1. The number of aliphatic hydroxyl groups is 1. The van der Waals surface area contributed by atoms with Crippen molar-refractivity contribution in [3.05, 3.63) is 83.9 Å². The summed E-state index contributed by atoms with van der Waals surface area (Å²) in [5, 5.41) is 10.1. The van der Waals surface area contributed by atoms with E-state index in [0.29, 0.717) is 0 Å². The molecule has 1 aliphatic heterocycles. The van der Waals surface area contributed by atoms with Crippen molar-refractivity contribution in [3.63, 3.8) is 0 Å². The molecular formula is C23H24N2O5S2. The number of rotatable bonds is 5. The van der Waals surface area contributed by atoms with E-state index >= 15 is 0 Å². The molecule has 1 aliphatic rings. The van der Waals surface area contributed by atoms with Gasteiger partial charge in [0.2, 0.25) is 0 Å². The summed E-state index contributed by atoms with van der Waals surface area (Å²) in [4.78, 5) is 0.177. The Morgan fingerprint density at radius 1 is 0.750 bits per heavy atom. The molecule has 168 valence electrons. The van der Waals surface area contributed by atoms with Crippen LogP contribution in [0.1, 0.15) is 11.1 Å². The maximum absolute atomic E-state index is 13.5. The minimum atomic E-state index is -4.04. The molecule has 3 aromatic carbocycles. The quantitative estimate of drug-likeness (QED) is 0.616. The van der Waals surface area contributed by atoms with Crippen LogP contribution in [0.15, 0.2) is 82.6 Å². The van der Waals surface area contributed by atoms with E-state index in [1.807, 2.05) is 13.8 Å². The summed E-state index contributed by atoms with van der Waals surface area (Å²) in [7, 11) is -8.01. The van der Waals surface area contributed by atoms with Crippen LogP contribution < -0.4 is 8.61 Å². The van der Waals surface area contributed by atoms with Crippen LogP contribution in [0.3, 0.4) is 0 Å². The molecule has 1 heterocycles. The average molecular weight is 473 g/mol. The van der Waals surface area contributed by atoms with Gasteiger partial charge in [-0.15, -0.1) is 0 Å². The molecule has 0 aliphatic carbocycles. The van der Waals surface area contributed by atoms with Gasteiger partial charge in [0.05, 0.1) is 40.4 Å². The number of sulfonamides is 2. The van der Waals surface area contributed by atoms with Gasteiger partial charge in [-0.05, 0) is 50.2 Å². The van der Waals surface area contributed by atoms with Gasteiger partial charge in [0.25, 0.3) is 20.0 Å². The third-order valence-corrected chi connectivity index (χ3v) is 9.17. The maximum Gasteiger partial charge on any atom is 0.264 e. The molecule has 0 radical (unpaired) electrons. The smallest absolute Gasteiger partial charge is 0.264 e. The van der Waals surface area contributed by atoms with Crippen molar-refractivity contribution >= 4 is 31.4 Å². The van der Waals surface area contributed by atoms with Gasteiger partial charge in [-0.2, -0.15) is 0 Å². The Bertz CT molecular complexity index is 1340. The molecule has 0 aromatic heterocycles. The first-order valence-electron chi connectivity index (χ1n) is 10.1. The van der Waals surface area contributed by atoms with E-state index < -0.39 is 32.7 Å². The van der Waals surface area contributed by atoms with Crippen molar-refractivity contribution in [2.45, 2.75) is 29.7 Å². The Balaban J connectivity index is 1.86. The molecule has 9 heteroatoms. The zero-order valence-electron chi connectivity index (χ0n) is 17.7. The Labute approximate surface area is 188 Å². The van der Waals surface area contributed by atoms with Gasteiger partial charge in [-0.3, -0.25) is 8.61 Å². The molecular weight excluding hydrogens is 448 g/mol. The summed E-state index contributed by atoms with van der Waals surface area (Å²) in [5.74, 6) is 0. The third kappa shape index (κ3) is 3.76. The van der Waals surface area contributed by atoms with Crippen molar-refractivity contribution in [1.29, 1.82) is 0 Å². The van der Waals surface area contributed by atoms with E-state index in [1.54, 1.807) is 48.5 Å². The van der Waals surface area contributed by atoms with Crippen LogP contribution in [0.5, 0.6) is 0 Å². The van der Waals surface area contributed by atoms with Crippen LogP contribution in [0, 0.1) is 13.8 Å². The average Bonchev–Trinajstić information content (AvgIpc) is 2.78. The minimum Gasteiger partial charge on any atom is -0.394 e. The van der Waals surface area contributed by atoms with Gasteiger partial charge in [-0.1, -0.05) is 47.5 Å². The highest BCUT2D eigenvalue weighted by molar-refractivity contribution is 7.93. The molecule has 7 nitrogen and oxygen atoms in total. The van der Waals surface area contributed by atoms with E-state index in [-0.39, 0.29) is 27.7 Å². The first kappa shape index (κ1) is 22.3. The van der Waals surface area contributed by atoms with E-state index in [0.717, 1.165) is 15.4 Å². The number of aliphatic hydroxyl groups excluding tert-OH is 1. The van der Waals surface area contributed by atoms with Crippen molar-refractivity contribution in [2.24, 2.45) is 0 Å². The van der Waals surface area contributed by atoms with Crippen LogP contribution in [0.2, 0.25) is 0 Å². The highest BCUT2D eigenvalue weighted by atomic mass is 32.2. The maximum atomic E-state index is 13.5. The fraction of sp³-hybridized carbons (Fsp3) is 0.217. The number of aryl methyl sites for hydroxylation is 2. The second-order valence-electron chi connectivity index (χ2n) is 7.79. The van der Waals surface area contributed by atoms with Gasteiger partial charge in [0.15, 0.2) is 0 Å². The molecule has 0 spiro atoms. The fourth-order valence-corrected chi connectivity index (χ4v) is 6.93. The topological polar surface area (TPSA) is 95.0 Å². The van der Waals surface area contributed by atoms with Crippen LogP contribution in [-0.4, -0.2) is 41.1 Å². The Morgan fingerprint density at radius 2 is 1.22 bits per heavy atom. The number of nitrogens with zero attached hydrogens (tertiary/aromatic N) is 2. The lowest BCUT2D eigenvalue weighted by Crippen LogP contribution is -2.54. The van der Waals surface area contributed by atoms with Crippen LogP contribution in [0.25, 0.3) is 0 Å². The number of hydrogen-bond acceptors (Lipinski definition) is 5. The van der Waals surface area contributed by atoms with Crippen LogP contribution in [-0.2, 0) is 20.0 Å². The third-order valence-electron chi connectivity index (χ3n) is 5.49. The lowest BCUT2D eigenvalue weighted by Gasteiger charge is -2.42. The Morgan fingerprint density at radius 3 is 1.72 bits per heavy atom. The molecule has 0 fully saturated rings. The zero-order chi connectivity index (χ0) is 23.1. The van der Waals surface area contributed by atoms with Gasteiger partial charge < -0.3 is 5.11 Å². The predicted molar refractivity (Wildman–Crippen MR) is 124 cm³/mol. The molecule has 1 N–H and O–H groups in total. The molecule has 3 aromatic rings. The van der Waals surface area contributed by atoms with E-state index in [1.165, 1.54) is 28.6 Å². The molecule has 0 saturated carbocycles. The van der Waals surface area contributed by atoms with Crippen molar-refractivity contribution in [1.82, 2.24) is 0 Å². The Kier molecular flexibility index (Phi) is 5.74. The number of hydrogen-bond donors (Lipinski definition) is 1. The molecule has 4 rings (SSSR count). The van der Waals surface area contributed by atoms with Crippen molar-refractivity contribution < 1.29 is 21.9 Å². The summed E-state index contributed by atoms with van der Waals surface area (Å²) in [6, 6.07) is 18.3. The van der Waals surface area contributed by atoms with E-state index in [9.17, 15) is 21.9 Å². The predicted octanol–water partition coefficient (Wildman–Crippen LogP) is 3.07. The lowest BCUT2D eigenvalue weighted by molar-refractivity contribution is 0.268. The number of benzene rings is 3. The molecule has 0 saturated heterocycles. The van der Waals surface area contributed by atoms with Gasteiger partial charge in [0, 0.05) is 0 Å². The highest BCUT2D eigenvalue weighted by Crippen LogP contribution is 2.41. The SMILES string of the molecule is Cc1ccc(S(=O)(=O)N2C[C@H](CO)N(S(=O)(=O)c3ccc(C)cc3)c3ccccc32)cc1. The summed E-state index contributed by atoms with van der Waals surface area (Å²) < 4.78 is 56.3. The fourth-order valence-electron chi connectivity index (χ4n) is 3.77. The minimum absolute atomic E-state index is 0.0752. The summed E-state index contributed by atoms with van der Waals surface area (Å²) in [6.45, 7) is 2.97. The first-order valence-corrected chi connectivity index (χ1v) is 12.9. The molecule has 1 atom stereocenters. The van der Waals surface area contributed by atoms with Gasteiger partial charge >= 0.3 is 0 Å². The van der Waals surface area contributed by atoms with Crippen LogP contribution >= 0.6 is 0 Å². The van der Waals surface area contributed by atoms with E-state index in [4.69, 9.17) is 0 Å². The van der Waals surface area contributed by atoms with Crippen molar-refractivity contribution in [3.8, 4) is 0 Å². The van der Waals surface area contributed by atoms with Crippen molar-refractivity contribution in [2.75, 3.05) is 21.8 Å². The number of para-hydroxylation sites is 2. The monoisotopic (exact) mass is 472 g/mol. The van der Waals surface area contributed by atoms with E-state index in [2.05, 4.69) is 0 Å². The summed E-state index contributed by atoms with van der Waals surface area (Å²) in [6.07, 6.45) is 0. The van der Waals surface area contributed by atoms with Gasteiger partial charge in [0.1, 0.15) is 0 Å². The first-order chi connectivity index (χ1) is 15.2. The second-order valence-corrected chi connectivity index (χ2v) is 11.5.